The minimum atomic E-state index is -4.70. The number of aromatic amines is 1. The molecule has 0 radical (unpaired) electrons. The largest absolute Gasteiger partial charge is 0.573 e. The minimum Gasteiger partial charge on any atom is -0.405 e. The number of hydrogen-bond acceptors (Lipinski definition) is 2. The molecule has 0 aliphatic carbocycles. The zero-order chi connectivity index (χ0) is 12.5. The molecular formula is C11H9F3N2O. The van der Waals surface area contributed by atoms with E-state index in [1.54, 1.807) is 19.1 Å². The Morgan fingerprint density at radius 3 is 2.47 bits per heavy atom. The van der Waals surface area contributed by atoms with Crippen LogP contribution in [0.3, 0.4) is 0 Å². The predicted octanol–water partition coefficient (Wildman–Crippen LogP) is 3.28. The Hall–Kier alpha value is -1.98. The van der Waals surface area contributed by atoms with Crippen LogP contribution in [0.1, 0.15) is 5.69 Å². The van der Waals surface area contributed by atoms with Gasteiger partial charge in [-0.1, -0.05) is 18.2 Å². The number of H-pyrrole nitrogens is 1. The lowest BCUT2D eigenvalue weighted by atomic mass is 10.1. The summed E-state index contributed by atoms with van der Waals surface area (Å²) in [5.74, 6) is -0.232. The summed E-state index contributed by atoms with van der Waals surface area (Å²) in [5, 5.41) is 6.44. The Morgan fingerprint density at radius 2 is 1.88 bits per heavy atom. The third kappa shape index (κ3) is 2.58. The van der Waals surface area contributed by atoms with Crippen LogP contribution in [-0.4, -0.2) is 16.6 Å². The highest BCUT2D eigenvalue weighted by atomic mass is 19.4. The van der Waals surface area contributed by atoms with Gasteiger partial charge in [0.05, 0.1) is 6.20 Å². The topological polar surface area (TPSA) is 37.9 Å². The monoisotopic (exact) mass is 242 g/mol. The number of nitrogens with one attached hydrogen (secondary N) is 1. The van der Waals surface area contributed by atoms with E-state index in [0.717, 1.165) is 0 Å². The number of para-hydroxylation sites is 1. The summed E-state index contributed by atoms with van der Waals surface area (Å²) in [7, 11) is 0. The number of aryl methyl sites for hydroxylation is 1. The maximum absolute atomic E-state index is 12.2. The second-order valence-corrected chi connectivity index (χ2v) is 3.45. The molecule has 0 atom stereocenters. The van der Waals surface area contributed by atoms with Crippen LogP contribution in [0.2, 0.25) is 0 Å². The molecule has 0 aliphatic rings. The Morgan fingerprint density at radius 1 is 1.18 bits per heavy atom. The number of rotatable bonds is 2. The lowest BCUT2D eigenvalue weighted by Crippen LogP contribution is -2.17. The molecule has 6 heteroatoms. The predicted molar refractivity (Wildman–Crippen MR) is 55.4 cm³/mol. The van der Waals surface area contributed by atoms with Gasteiger partial charge in [-0.15, -0.1) is 13.2 Å². The maximum Gasteiger partial charge on any atom is 0.573 e. The molecule has 1 aromatic carbocycles. The summed E-state index contributed by atoms with van der Waals surface area (Å²) in [6.45, 7) is 1.73. The van der Waals surface area contributed by atoms with Gasteiger partial charge >= 0.3 is 6.36 Å². The van der Waals surface area contributed by atoms with Crippen molar-refractivity contribution in [3.8, 4) is 16.9 Å². The SMILES string of the molecule is Cc1[nH]ncc1-c1ccccc1OC(F)(F)F. The van der Waals surface area contributed by atoms with Crippen molar-refractivity contribution >= 4 is 0 Å². The second kappa shape index (κ2) is 4.12. The Labute approximate surface area is 95.2 Å². The van der Waals surface area contributed by atoms with E-state index < -0.39 is 6.36 Å². The number of hydrogen-bond donors (Lipinski definition) is 1. The Kier molecular flexibility index (Phi) is 2.79. The summed E-state index contributed by atoms with van der Waals surface area (Å²) < 4.78 is 40.6. The summed E-state index contributed by atoms with van der Waals surface area (Å²) in [5.41, 5.74) is 1.63. The summed E-state index contributed by atoms with van der Waals surface area (Å²) in [6.07, 6.45) is -3.23. The average molecular weight is 242 g/mol. The molecule has 90 valence electrons. The summed E-state index contributed by atoms with van der Waals surface area (Å²) in [6, 6.07) is 5.96. The van der Waals surface area contributed by atoms with Gasteiger partial charge in [-0.3, -0.25) is 5.10 Å². The molecule has 2 rings (SSSR count). The van der Waals surface area contributed by atoms with Crippen molar-refractivity contribution in [1.82, 2.24) is 10.2 Å². The number of alkyl halides is 3. The first-order valence-corrected chi connectivity index (χ1v) is 4.82. The molecule has 0 saturated heterocycles. The average Bonchev–Trinajstić information content (AvgIpc) is 2.63. The first kappa shape index (κ1) is 11.5. The fourth-order valence-electron chi connectivity index (χ4n) is 1.53. The maximum atomic E-state index is 12.2. The molecule has 3 nitrogen and oxygen atoms in total. The fraction of sp³-hybridized carbons (Fsp3) is 0.182. The van der Waals surface area contributed by atoms with Gasteiger partial charge in [-0.2, -0.15) is 5.10 Å². The van der Waals surface area contributed by atoms with Gasteiger partial charge in [0.2, 0.25) is 0 Å². The first-order chi connectivity index (χ1) is 7.97. The molecule has 1 N–H and O–H groups in total. The summed E-state index contributed by atoms with van der Waals surface area (Å²) in [4.78, 5) is 0. The van der Waals surface area contributed by atoms with Crippen LogP contribution < -0.4 is 4.74 Å². The van der Waals surface area contributed by atoms with Crippen LogP contribution in [0.5, 0.6) is 5.75 Å². The van der Waals surface area contributed by atoms with Gasteiger partial charge in [0.1, 0.15) is 5.75 Å². The van der Waals surface area contributed by atoms with E-state index in [-0.39, 0.29) is 5.75 Å². The summed E-state index contributed by atoms with van der Waals surface area (Å²) >= 11 is 0. The van der Waals surface area contributed by atoms with E-state index in [9.17, 15) is 13.2 Å². The van der Waals surface area contributed by atoms with Crippen LogP contribution in [0, 0.1) is 6.92 Å². The van der Waals surface area contributed by atoms with Gasteiger partial charge in [0.15, 0.2) is 0 Å². The van der Waals surface area contributed by atoms with Gasteiger partial charge < -0.3 is 4.74 Å². The number of halogens is 3. The van der Waals surface area contributed by atoms with E-state index in [4.69, 9.17) is 0 Å². The van der Waals surface area contributed by atoms with Crippen molar-refractivity contribution in [2.75, 3.05) is 0 Å². The second-order valence-electron chi connectivity index (χ2n) is 3.45. The van der Waals surface area contributed by atoms with E-state index in [2.05, 4.69) is 14.9 Å². The smallest absolute Gasteiger partial charge is 0.405 e. The van der Waals surface area contributed by atoms with Crippen LogP contribution in [0.4, 0.5) is 13.2 Å². The molecule has 0 amide bonds. The van der Waals surface area contributed by atoms with Crippen molar-refractivity contribution in [1.29, 1.82) is 0 Å². The third-order valence-electron chi connectivity index (χ3n) is 2.23. The fourth-order valence-corrected chi connectivity index (χ4v) is 1.53. The van der Waals surface area contributed by atoms with E-state index in [1.807, 2.05) is 0 Å². The quantitative estimate of drug-likeness (QED) is 0.877. The highest BCUT2D eigenvalue weighted by Gasteiger charge is 2.32. The zero-order valence-electron chi connectivity index (χ0n) is 8.88. The van der Waals surface area contributed by atoms with Crippen LogP contribution >= 0.6 is 0 Å². The van der Waals surface area contributed by atoms with Crippen molar-refractivity contribution in [2.24, 2.45) is 0 Å². The molecule has 0 saturated carbocycles. The number of aromatic nitrogens is 2. The zero-order valence-corrected chi connectivity index (χ0v) is 8.88. The molecule has 0 unspecified atom stereocenters. The lowest BCUT2D eigenvalue weighted by Gasteiger charge is -2.12. The van der Waals surface area contributed by atoms with Gasteiger partial charge in [0.25, 0.3) is 0 Å². The minimum absolute atomic E-state index is 0.232. The van der Waals surface area contributed by atoms with Crippen molar-refractivity contribution < 1.29 is 17.9 Å². The highest BCUT2D eigenvalue weighted by Crippen LogP contribution is 2.34. The number of benzene rings is 1. The Balaban J connectivity index is 2.45. The highest BCUT2D eigenvalue weighted by molar-refractivity contribution is 5.71. The van der Waals surface area contributed by atoms with E-state index in [0.29, 0.717) is 16.8 Å². The van der Waals surface area contributed by atoms with E-state index >= 15 is 0 Å². The van der Waals surface area contributed by atoms with Crippen molar-refractivity contribution in [3.63, 3.8) is 0 Å². The number of nitrogens with zero attached hydrogens (tertiary/aromatic N) is 1. The normalized spacial score (nSPS) is 11.5. The molecule has 1 aromatic heterocycles. The molecular weight excluding hydrogens is 233 g/mol. The van der Waals surface area contributed by atoms with Gasteiger partial charge in [-0.25, -0.2) is 0 Å². The van der Waals surface area contributed by atoms with Crippen LogP contribution in [0.15, 0.2) is 30.5 Å². The van der Waals surface area contributed by atoms with Crippen molar-refractivity contribution in [2.45, 2.75) is 13.3 Å². The molecule has 1 heterocycles. The third-order valence-corrected chi connectivity index (χ3v) is 2.23. The molecule has 0 bridgehead atoms. The molecule has 0 fully saturated rings. The van der Waals surface area contributed by atoms with Gasteiger partial charge in [0, 0.05) is 16.8 Å². The molecule has 0 aliphatic heterocycles. The number of ether oxygens (including phenoxy) is 1. The van der Waals surface area contributed by atoms with Crippen molar-refractivity contribution in [3.05, 3.63) is 36.2 Å². The molecule has 2 aromatic rings. The van der Waals surface area contributed by atoms with Crippen LogP contribution in [-0.2, 0) is 0 Å². The standard InChI is InChI=1S/C11H9F3N2O/c1-7-9(6-15-16-7)8-4-2-3-5-10(8)17-11(12,13)14/h2-6H,1H3,(H,15,16). The van der Waals surface area contributed by atoms with Crippen LogP contribution in [0.25, 0.3) is 11.1 Å². The molecule has 17 heavy (non-hydrogen) atoms. The Bertz CT molecular complexity index is 519. The van der Waals surface area contributed by atoms with E-state index in [1.165, 1.54) is 18.3 Å². The molecule has 0 spiro atoms. The first-order valence-electron chi connectivity index (χ1n) is 4.82. The lowest BCUT2D eigenvalue weighted by molar-refractivity contribution is -0.274. The van der Waals surface area contributed by atoms with Gasteiger partial charge in [-0.05, 0) is 13.0 Å².